The van der Waals surface area contributed by atoms with Crippen LogP contribution in [0.5, 0.6) is 11.5 Å². The van der Waals surface area contributed by atoms with E-state index in [1.165, 1.54) is 0 Å². The third-order valence-electron chi connectivity index (χ3n) is 15.4. The van der Waals surface area contributed by atoms with Gasteiger partial charge in [-0.05, 0) is 283 Å². The molecule has 8 rings (SSSR count). The summed E-state index contributed by atoms with van der Waals surface area (Å²) in [6.45, 7) is -2.91. The first-order chi connectivity index (χ1) is 59.2. The van der Waals surface area contributed by atoms with E-state index < -0.39 is 11.8 Å². The van der Waals surface area contributed by atoms with Crippen LogP contribution in [-0.4, -0.2) is 53.0 Å². The third kappa shape index (κ3) is 43.5. The number of hydrogen-bond donors (Lipinski definition) is 4. The van der Waals surface area contributed by atoms with Crippen LogP contribution >= 0.6 is 585 Å². The molecule has 2 aliphatic heterocycles. The summed E-state index contributed by atoms with van der Waals surface area (Å²) >= 11 is 3.43. The molecule has 0 radical (unpaired) electrons. The Bertz CT molecular complexity index is 4440. The van der Waals surface area contributed by atoms with Crippen molar-refractivity contribution in [2.45, 2.75) is 24.7 Å². The van der Waals surface area contributed by atoms with E-state index in [2.05, 4.69) is 376 Å². The molecule has 2 aliphatic rings. The van der Waals surface area contributed by atoms with Crippen molar-refractivity contribution in [2.24, 2.45) is 40.7 Å². The Balaban J connectivity index is 0.000000317. The van der Waals surface area contributed by atoms with Gasteiger partial charge in [0.05, 0.1) is 29.3 Å². The molecule has 15 nitrogen and oxygen atoms in total. The normalized spacial score (nSPS) is 14.2. The minimum atomic E-state index is -0.508. The molecule has 127 heavy (non-hydrogen) atoms. The number of halogens is 1. The van der Waals surface area contributed by atoms with Crippen LogP contribution in [0.2, 0.25) is 0 Å². The lowest BCUT2D eigenvalue weighted by Crippen LogP contribution is -2.10. The summed E-state index contributed by atoms with van der Waals surface area (Å²) in [4.78, 5) is 34.7. The number of carbonyl (C=O) groups excluding carboxylic acids is 2. The Morgan fingerprint density at radius 2 is 0.646 bits per heavy atom. The molecule has 0 spiro atoms. The predicted octanol–water partition coefficient (Wildman–Crippen LogP) is 47.9. The van der Waals surface area contributed by atoms with Gasteiger partial charge in [-0.15, -0.1) is 330 Å². The number of aromatic hydroxyl groups is 2. The predicted molar refractivity (Wildman–Crippen MR) is 812 cm³/mol. The molecule has 0 bridgehead atoms. The van der Waals surface area contributed by atoms with Gasteiger partial charge in [-0.2, -0.15) is 10.2 Å². The van der Waals surface area contributed by atoms with Crippen molar-refractivity contribution in [3.63, 3.8) is 0 Å². The van der Waals surface area contributed by atoms with Crippen molar-refractivity contribution in [1.82, 2.24) is 19.6 Å². The number of aryl methyl sites for hydroxylation is 2. The molecular formula is C40H109BrN11O4P71. The van der Waals surface area contributed by atoms with E-state index in [-0.39, 0.29) is 249 Å². The molecule has 710 valence electrons. The third-order valence-corrected chi connectivity index (χ3v) is 491. The smallest absolute Gasteiger partial charge is 0.248 e. The van der Waals surface area contributed by atoms with Crippen LogP contribution in [0.1, 0.15) is 54.4 Å². The number of hydrogen-bond acceptors (Lipinski definition) is 9. The number of nitrogens with two attached hydrogens (primary N) is 2. The SMILES string of the molecule is Cn1nc(-c2ccc(CBr)cc2)c(O)c1C1=Nc2cc(C(N)=O)ccc2C1.Cn1nc(-c2ccc(CN=[N+]=[N-])cc2)c(O)c1C1=Nc2cc(C(N)=O)ccc2C1.PP(P)P(P(P)P)P(P(P)P)P(P(P(P)P)P(P)P)P(P(P(P(P)P)P(P)P)P(P(P)P)P(P)P)P(P(P(P)P)P(P)P)P(P(P)P)P(P)P.PPP(P(P)P)P(P(P(P)P)P(P)P)P(P(P)P)P(P)P. The highest BCUT2D eigenvalue weighted by Gasteiger charge is 2.59. The van der Waals surface area contributed by atoms with Crippen LogP contribution in [0.25, 0.3) is 33.0 Å². The van der Waals surface area contributed by atoms with Crippen LogP contribution in [-0.2, 0) is 38.8 Å². The average molecular weight is 3090 g/mol. The van der Waals surface area contributed by atoms with Gasteiger partial charge >= 0.3 is 0 Å². The molecule has 2 amide bonds. The number of rotatable bonds is 41. The summed E-state index contributed by atoms with van der Waals surface area (Å²) in [5.74, 6) is -0.854. The van der Waals surface area contributed by atoms with Crippen molar-refractivity contribution >= 4 is 619 Å². The Morgan fingerprint density at radius 1 is 0.394 bits per heavy atom. The summed E-state index contributed by atoms with van der Waals surface area (Å²) < 4.78 is 3.24. The molecule has 4 aromatic carbocycles. The number of nitrogens with zero attached hydrogens (tertiary/aromatic N) is 9. The number of carbonyl (C=O) groups is 2. The fourth-order valence-corrected chi connectivity index (χ4v) is 974. The summed E-state index contributed by atoms with van der Waals surface area (Å²) in [5.41, 5.74) is 30.2. The first-order valence-corrected chi connectivity index (χ1v) is 162. The Morgan fingerprint density at radius 3 is 0.890 bits per heavy atom. The van der Waals surface area contributed by atoms with Crippen LogP contribution in [0.15, 0.2) is 100 Å². The summed E-state index contributed by atoms with van der Waals surface area (Å²) in [6.07, 6.45) is 1.08. The number of aliphatic imine (C=N–C) groups is 2. The second kappa shape index (κ2) is 72.3. The standard InChI is InChI=1S/C20H17BrN4O2.C20H17N7O2.H52P50.H23P21/c1-25-18(16-8-13-6-7-14(20(22)27)9-15(13)23-16)19(26)17(24-25)12-4-2-11(10-21)3-5-12;1-27-18(16-8-13-6-7-14(20(21)29)9-15(13)24-16)19(28)17(25-27)12-4-2-11(3-5-12)10-23-26-22;1-27(2)40(28(3)4)46(39(25)26)49(45(37(21)22)38(23)24)50(47(41(29(5)6)30(7)8)42(31(9)10)32(11)12)48(43(33(13)14)34(15)16)44(35(17)18)36(19)20;1-12-18(13(2)3)21(19(14(4)5)15(6)7)20(16(8)9)17(10)11/h2-7,9,26H,8,10H2,1H3,(H2,22,27);2-7,9,28H,8,10H2,1H3,(H2,21,29);1-26H2;12H,1-11H2. The summed E-state index contributed by atoms with van der Waals surface area (Å²) in [7, 11) is 130. The number of fused-ring (bicyclic) bond motifs is 2. The van der Waals surface area contributed by atoms with Gasteiger partial charge in [0.1, 0.15) is 22.8 Å². The minimum absolute atomic E-state index is 0.0296. The van der Waals surface area contributed by atoms with E-state index in [1.807, 2.05) is 60.7 Å². The van der Waals surface area contributed by atoms with Gasteiger partial charge in [-0.3, -0.25) is 28.9 Å². The number of benzene rings is 4. The average Bonchev–Trinajstić information content (AvgIpc) is 1.61. The lowest BCUT2D eigenvalue weighted by atomic mass is 10.0. The van der Waals surface area contributed by atoms with E-state index in [9.17, 15) is 19.8 Å². The largest absolute Gasteiger partial charge is 0.504 e. The van der Waals surface area contributed by atoms with E-state index in [0.29, 0.717) is 69.5 Å². The topological polar surface area (TPSA) is 236 Å². The highest BCUT2D eigenvalue weighted by atomic mass is 79.9. The van der Waals surface area contributed by atoms with Crippen LogP contribution < -0.4 is 11.5 Å². The molecule has 4 heterocycles. The molecule has 41 unspecified atom stereocenters. The number of azide groups is 1. The van der Waals surface area contributed by atoms with Gasteiger partial charge < -0.3 is 21.7 Å². The summed E-state index contributed by atoms with van der Waals surface area (Å²) in [5, 5.41) is 34.9. The van der Waals surface area contributed by atoms with Crippen LogP contribution in [0.4, 0.5) is 11.4 Å². The molecule has 0 saturated carbocycles. The van der Waals surface area contributed by atoms with Crippen LogP contribution in [0.3, 0.4) is 0 Å². The maximum atomic E-state index is 11.4. The number of alkyl halides is 1. The minimum Gasteiger partial charge on any atom is -0.504 e. The highest BCUT2D eigenvalue weighted by molar-refractivity contribution is 9.52. The van der Waals surface area contributed by atoms with Crippen molar-refractivity contribution in [3.8, 4) is 34.0 Å². The fraction of sp³-hybridized carbons (Fsp3) is 0.150. The number of aromatic nitrogens is 4. The molecule has 87 heteroatoms. The number of primary amides is 2. The van der Waals surface area contributed by atoms with Crippen molar-refractivity contribution in [2.75, 3.05) is 0 Å². The van der Waals surface area contributed by atoms with Gasteiger partial charge in [-0.1, -0.05) is 89.7 Å². The van der Waals surface area contributed by atoms with E-state index in [0.717, 1.165) is 46.7 Å². The maximum Gasteiger partial charge on any atom is 0.248 e. The molecule has 0 fully saturated rings. The van der Waals surface area contributed by atoms with Gasteiger partial charge in [-0.25, -0.2) is 0 Å². The first kappa shape index (κ1) is 141. The zero-order valence-electron chi connectivity index (χ0n) is 66.8. The van der Waals surface area contributed by atoms with Crippen molar-refractivity contribution < 1.29 is 19.8 Å². The molecule has 6 aromatic rings. The lowest BCUT2D eigenvalue weighted by molar-refractivity contribution is 0.0992. The van der Waals surface area contributed by atoms with Gasteiger partial charge in [0, 0.05) is 59.4 Å². The lowest BCUT2D eigenvalue weighted by Gasteiger charge is -2.58. The van der Waals surface area contributed by atoms with E-state index >= 15 is 0 Å². The second-order valence-corrected chi connectivity index (χ2v) is 311. The molecule has 41 atom stereocenters. The molecule has 0 aliphatic carbocycles. The first-order valence-electron chi connectivity index (χ1n) is 33.2. The monoisotopic (exact) mass is 3090 g/mol. The van der Waals surface area contributed by atoms with Gasteiger partial charge in [0.15, 0.2) is 11.5 Å². The van der Waals surface area contributed by atoms with E-state index in [1.54, 1.807) is 47.7 Å². The van der Waals surface area contributed by atoms with Crippen LogP contribution in [0, 0.1) is 0 Å². The van der Waals surface area contributed by atoms with Crippen molar-refractivity contribution in [3.05, 3.63) is 140 Å². The molecular weight excluding hydrogens is 2980 g/mol. The Kier molecular flexibility index (Phi) is 80.3. The van der Waals surface area contributed by atoms with Crippen molar-refractivity contribution in [1.29, 1.82) is 0 Å². The quantitative estimate of drug-likeness (QED) is 0.00957. The fourth-order valence-electron chi connectivity index (χ4n) is 10.6. The van der Waals surface area contributed by atoms with E-state index in [4.69, 9.17) is 17.0 Å². The molecule has 2 aromatic heterocycles. The van der Waals surface area contributed by atoms with Gasteiger partial charge in [0.2, 0.25) is 11.8 Å². The zero-order valence-corrected chi connectivity index (χ0v) is 142. The second-order valence-electron chi connectivity index (χ2n) is 24.2. The zero-order chi connectivity index (χ0) is 96.4. The highest BCUT2D eigenvalue weighted by Crippen LogP contribution is 3.46. The van der Waals surface area contributed by atoms with Gasteiger partial charge in [0.25, 0.3) is 0 Å². The number of amides is 2. The Labute approximate surface area is 886 Å². The molecule has 0 saturated heterocycles. The molecule has 6 N–H and O–H groups in total. The Hall–Kier alpha value is 23.5. The summed E-state index contributed by atoms with van der Waals surface area (Å²) in [6, 6.07) is 25.5. The maximum absolute atomic E-state index is 11.4.